The summed E-state index contributed by atoms with van der Waals surface area (Å²) in [6, 6.07) is -0.449. The second kappa shape index (κ2) is 5.83. The second-order valence-corrected chi connectivity index (χ2v) is 5.54. The van der Waals surface area contributed by atoms with E-state index in [0.29, 0.717) is 6.54 Å². The third-order valence-electron chi connectivity index (χ3n) is 3.98. The van der Waals surface area contributed by atoms with Crippen molar-refractivity contribution in [2.45, 2.75) is 57.6 Å². The Bertz CT molecular complexity index is 262. The van der Waals surface area contributed by atoms with Crippen molar-refractivity contribution >= 4 is 5.91 Å². The van der Waals surface area contributed by atoms with E-state index in [1.54, 1.807) is 11.9 Å². The fourth-order valence-corrected chi connectivity index (χ4v) is 2.46. The van der Waals surface area contributed by atoms with Gasteiger partial charge in [-0.1, -0.05) is 33.1 Å². The molecule has 0 aromatic heterocycles. The van der Waals surface area contributed by atoms with Gasteiger partial charge in [-0.15, -0.1) is 0 Å². The minimum absolute atomic E-state index is 0.0559. The van der Waals surface area contributed by atoms with Crippen molar-refractivity contribution in [1.82, 2.24) is 4.90 Å². The number of hydrogen-bond acceptors (Lipinski definition) is 3. The van der Waals surface area contributed by atoms with Crippen LogP contribution in [-0.2, 0) is 4.79 Å². The molecule has 0 saturated heterocycles. The third-order valence-corrected chi connectivity index (χ3v) is 3.98. The molecule has 1 aliphatic carbocycles. The maximum absolute atomic E-state index is 12.1. The third kappa shape index (κ3) is 3.68. The van der Waals surface area contributed by atoms with Crippen molar-refractivity contribution in [3.8, 4) is 0 Å². The van der Waals surface area contributed by atoms with E-state index >= 15 is 0 Å². The number of hydrogen-bond donors (Lipinski definition) is 2. The first-order valence-electron chi connectivity index (χ1n) is 6.62. The molecule has 0 heterocycles. The van der Waals surface area contributed by atoms with E-state index < -0.39 is 11.6 Å². The first-order chi connectivity index (χ1) is 7.89. The summed E-state index contributed by atoms with van der Waals surface area (Å²) >= 11 is 0. The molecule has 1 fully saturated rings. The molecule has 0 aromatic carbocycles. The largest absolute Gasteiger partial charge is 0.388 e. The number of carbonyl (C=O) groups is 1. The molecule has 1 rings (SSSR count). The lowest BCUT2D eigenvalue weighted by Gasteiger charge is -2.31. The van der Waals surface area contributed by atoms with E-state index in [4.69, 9.17) is 5.73 Å². The lowest BCUT2D eigenvalue weighted by Crippen LogP contribution is -2.50. The fourth-order valence-electron chi connectivity index (χ4n) is 2.46. The zero-order valence-electron chi connectivity index (χ0n) is 11.3. The van der Waals surface area contributed by atoms with E-state index in [1.165, 1.54) is 0 Å². The van der Waals surface area contributed by atoms with Crippen LogP contribution in [0.3, 0.4) is 0 Å². The summed E-state index contributed by atoms with van der Waals surface area (Å²) in [6.07, 6.45) is 4.59. The standard InChI is InChI=1S/C13H26N2O2/c1-4-10(2)11(14)12(16)15(3)9-13(17)7-5-6-8-13/h10-11,17H,4-9,14H2,1-3H3. The molecule has 100 valence electrons. The molecule has 17 heavy (non-hydrogen) atoms. The van der Waals surface area contributed by atoms with Crippen molar-refractivity contribution in [2.24, 2.45) is 11.7 Å². The van der Waals surface area contributed by atoms with Crippen LogP contribution in [-0.4, -0.2) is 41.1 Å². The Balaban J connectivity index is 2.51. The number of likely N-dealkylation sites (N-methyl/N-ethyl adjacent to an activating group) is 1. The number of carbonyl (C=O) groups excluding carboxylic acids is 1. The normalized spacial score (nSPS) is 22.2. The molecule has 0 bridgehead atoms. The maximum Gasteiger partial charge on any atom is 0.239 e. The molecule has 3 N–H and O–H groups in total. The Hall–Kier alpha value is -0.610. The summed E-state index contributed by atoms with van der Waals surface area (Å²) in [7, 11) is 1.74. The number of nitrogens with two attached hydrogens (primary N) is 1. The van der Waals surface area contributed by atoms with Gasteiger partial charge in [0.2, 0.25) is 5.91 Å². The predicted molar refractivity (Wildman–Crippen MR) is 68.5 cm³/mol. The molecule has 0 aromatic rings. The van der Waals surface area contributed by atoms with E-state index in [1.807, 2.05) is 13.8 Å². The van der Waals surface area contributed by atoms with E-state index in [2.05, 4.69) is 0 Å². The van der Waals surface area contributed by atoms with Gasteiger partial charge in [0.25, 0.3) is 0 Å². The average Bonchev–Trinajstić information content (AvgIpc) is 2.72. The van der Waals surface area contributed by atoms with E-state index in [0.717, 1.165) is 32.1 Å². The Kier molecular flexibility index (Phi) is 4.95. The highest BCUT2D eigenvalue weighted by Gasteiger charge is 2.34. The van der Waals surface area contributed by atoms with Crippen LogP contribution >= 0.6 is 0 Å². The van der Waals surface area contributed by atoms with Crippen molar-refractivity contribution < 1.29 is 9.90 Å². The molecule has 2 unspecified atom stereocenters. The van der Waals surface area contributed by atoms with Gasteiger partial charge in [0.1, 0.15) is 0 Å². The highest BCUT2D eigenvalue weighted by atomic mass is 16.3. The van der Waals surface area contributed by atoms with Crippen LogP contribution in [0.5, 0.6) is 0 Å². The average molecular weight is 242 g/mol. The van der Waals surface area contributed by atoms with Gasteiger partial charge in [-0.05, 0) is 18.8 Å². The Morgan fingerprint density at radius 1 is 1.47 bits per heavy atom. The summed E-state index contributed by atoms with van der Waals surface area (Å²) in [5.74, 6) is 0.128. The quantitative estimate of drug-likeness (QED) is 0.759. The van der Waals surface area contributed by atoms with Crippen LogP contribution in [0, 0.1) is 5.92 Å². The zero-order chi connectivity index (χ0) is 13.1. The van der Waals surface area contributed by atoms with Crippen LogP contribution in [0.2, 0.25) is 0 Å². The molecule has 0 aliphatic heterocycles. The molecule has 1 aliphatic rings. The lowest BCUT2D eigenvalue weighted by atomic mass is 9.97. The van der Waals surface area contributed by atoms with Gasteiger partial charge in [0, 0.05) is 13.6 Å². The van der Waals surface area contributed by atoms with Crippen LogP contribution in [0.15, 0.2) is 0 Å². The number of nitrogens with zero attached hydrogens (tertiary/aromatic N) is 1. The van der Waals surface area contributed by atoms with E-state index in [9.17, 15) is 9.90 Å². The highest BCUT2D eigenvalue weighted by molar-refractivity contribution is 5.81. The second-order valence-electron chi connectivity index (χ2n) is 5.54. The summed E-state index contributed by atoms with van der Waals surface area (Å²) in [5.41, 5.74) is 5.24. The number of rotatable bonds is 5. The van der Waals surface area contributed by atoms with Gasteiger partial charge in [0.05, 0.1) is 11.6 Å². The summed E-state index contributed by atoms with van der Waals surface area (Å²) in [5, 5.41) is 10.3. The molecular weight excluding hydrogens is 216 g/mol. The first kappa shape index (κ1) is 14.5. The molecule has 4 nitrogen and oxygen atoms in total. The van der Waals surface area contributed by atoms with Gasteiger partial charge < -0.3 is 15.7 Å². The van der Waals surface area contributed by atoms with Crippen molar-refractivity contribution in [1.29, 1.82) is 0 Å². The summed E-state index contributed by atoms with van der Waals surface area (Å²) in [6.45, 7) is 4.43. The smallest absolute Gasteiger partial charge is 0.239 e. The molecule has 1 amide bonds. The summed E-state index contributed by atoms with van der Waals surface area (Å²) < 4.78 is 0. The topological polar surface area (TPSA) is 66.6 Å². The highest BCUT2D eigenvalue weighted by Crippen LogP contribution is 2.30. The minimum Gasteiger partial charge on any atom is -0.388 e. The van der Waals surface area contributed by atoms with Crippen molar-refractivity contribution in [3.63, 3.8) is 0 Å². The van der Waals surface area contributed by atoms with Crippen molar-refractivity contribution in [2.75, 3.05) is 13.6 Å². The Morgan fingerprint density at radius 2 is 2.00 bits per heavy atom. The molecule has 1 saturated carbocycles. The zero-order valence-corrected chi connectivity index (χ0v) is 11.3. The minimum atomic E-state index is -0.681. The molecule has 0 radical (unpaired) electrons. The van der Waals surface area contributed by atoms with Crippen molar-refractivity contribution in [3.05, 3.63) is 0 Å². The van der Waals surface area contributed by atoms with Crippen LogP contribution in [0.25, 0.3) is 0 Å². The van der Waals surface area contributed by atoms with Crippen LogP contribution in [0.4, 0.5) is 0 Å². The van der Waals surface area contributed by atoms with Gasteiger partial charge in [-0.2, -0.15) is 0 Å². The van der Waals surface area contributed by atoms with Gasteiger partial charge >= 0.3 is 0 Å². The van der Waals surface area contributed by atoms with Gasteiger partial charge in [0.15, 0.2) is 0 Å². The van der Waals surface area contributed by atoms with Gasteiger partial charge in [-0.3, -0.25) is 4.79 Å². The lowest BCUT2D eigenvalue weighted by molar-refractivity contribution is -0.135. The molecular formula is C13H26N2O2. The molecule has 0 spiro atoms. The fraction of sp³-hybridized carbons (Fsp3) is 0.923. The van der Waals surface area contributed by atoms with Gasteiger partial charge in [-0.25, -0.2) is 0 Å². The number of amides is 1. The monoisotopic (exact) mass is 242 g/mol. The Labute approximate surface area is 104 Å². The molecule has 2 atom stereocenters. The van der Waals surface area contributed by atoms with Crippen LogP contribution in [0.1, 0.15) is 46.0 Å². The van der Waals surface area contributed by atoms with Crippen LogP contribution < -0.4 is 5.73 Å². The predicted octanol–water partition coefficient (Wildman–Crippen LogP) is 1.12. The number of aliphatic hydroxyl groups is 1. The Morgan fingerprint density at radius 3 is 2.47 bits per heavy atom. The molecule has 4 heteroatoms. The first-order valence-corrected chi connectivity index (χ1v) is 6.62. The summed E-state index contributed by atoms with van der Waals surface area (Å²) in [4.78, 5) is 13.7. The SMILES string of the molecule is CCC(C)C(N)C(=O)N(C)CC1(O)CCCC1. The van der Waals surface area contributed by atoms with E-state index in [-0.39, 0.29) is 11.8 Å². The maximum atomic E-state index is 12.1.